The average molecular weight is 569 g/mol. The van der Waals surface area contributed by atoms with Gasteiger partial charge in [0, 0.05) is 25.2 Å². The highest BCUT2D eigenvalue weighted by atomic mass is 19.3. The molecule has 2 aromatic carbocycles. The maximum atomic E-state index is 14.3. The van der Waals surface area contributed by atoms with Crippen molar-refractivity contribution in [2.75, 3.05) is 0 Å². The molecule has 4 atom stereocenters. The molecule has 0 spiro atoms. The van der Waals surface area contributed by atoms with Crippen molar-refractivity contribution in [2.45, 2.75) is 89.6 Å². The lowest BCUT2D eigenvalue weighted by Crippen LogP contribution is -2.28. The lowest BCUT2D eigenvalue weighted by molar-refractivity contribution is -0.145. The van der Waals surface area contributed by atoms with Crippen molar-refractivity contribution >= 4 is 11.8 Å². The van der Waals surface area contributed by atoms with E-state index in [1.807, 2.05) is 72.8 Å². The molecule has 0 saturated heterocycles. The lowest BCUT2D eigenvalue weighted by Gasteiger charge is -2.22. The summed E-state index contributed by atoms with van der Waals surface area (Å²) in [6.07, 6.45) is 8.13. The SMILES string of the molecule is CCCCC(F)(F)C(=O)C=C[C@@H]1[C@@H](CC=CCCCC(=O)OCc2ccccc2)[C@@H](O)C[C@H]1OCc1ccccc1. The van der Waals surface area contributed by atoms with Gasteiger partial charge in [-0.3, -0.25) is 9.59 Å². The summed E-state index contributed by atoms with van der Waals surface area (Å²) in [7, 11) is 0. The molecule has 0 heterocycles. The Morgan fingerprint density at radius 1 is 0.976 bits per heavy atom. The quantitative estimate of drug-likeness (QED) is 0.0933. The van der Waals surface area contributed by atoms with Crippen molar-refractivity contribution in [1.82, 2.24) is 0 Å². The van der Waals surface area contributed by atoms with Crippen LogP contribution in [-0.2, 0) is 32.3 Å². The molecule has 1 fully saturated rings. The Hall–Kier alpha value is -3.16. The van der Waals surface area contributed by atoms with E-state index in [2.05, 4.69) is 0 Å². The molecule has 1 aliphatic carbocycles. The molecule has 0 amide bonds. The molecule has 0 aliphatic heterocycles. The third-order valence-corrected chi connectivity index (χ3v) is 7.44. The van der Waals surface area contributed by atoms with Crippen LogP contribution in [0.4, 0.5) is 8.78 Å². The van der Waals surface area contributed by atoms with Gasteiger partial charge >= 0.3 is 11.9 Å². The van der Waals surface area contributed by atoms with Crippen molar-refractivity contribution in [1.29, 1.82) is 0 Å². The molecule has 3 rings (SSSR count). The van der Waals surface area contributed by atoms with Crippen LogP contribution in [0.2, 0.25) is 0 Å². The molecule has 41 heavy (non-hydrogen) atoms. The standard InChI is InChI=1S/C34H42F2O5/c1-2-3-22-34(35,36)32(38)21-20-29-28(30(37)23-31(29)40-24-26-14-8-6-9-15-26)18-12-4-5-13-19-33(39)41-25-27-16-10-7-11-17-27/h4,6-12,14-17,20-21,28-31,37H,2-3,5,13,18-19,22-25H2,1H3/t28-,29-,30+,31-/m1/s1. The molecule has 0 unspecified atom stereocenters. The molecule has 7 heteroatoms. The van der Waals surface area contributed by atoms with Crippen LogP contribution in [0.25, 0.3) is 0 Å². The van der Waals surface area contributed by atoms with Crippen molar-refractivity contribution < 1.29 is 33.0 Å². The first-order valence-electron chi connectivity index (χ1n) is 14.6. The zero-order chi connectivity index (χ0) is 29.5. The summed E-state index contributed by atoms with van der Waals surface area (Å²) in [5, 5.41) is 10.9. The normalized spacial score (nSPS) is 21.1. The Bertz CT molecular complexity index is 1120. The Balaban J connectivity index is 1.54. The highest BCUT2D eigenvalue weighted by molar-refractivity contribution is 5.95. The van der Waals surface area contributed by atoms with Gasteiger partial charge in [-0.05, 0) is 48.8 Å². The molecule has 2 aromatic rings. The van der Waals surface area contributed by atoms with Crippen LogP contribution in [0.15, 0.2) is 85.0 Å². The topological polar surface area (TPSA) is 72.8 Å². The van der Waals surface area contributed by atoms with Crippen molar-refractivity contribution in [3.8, 4) is 0 Å². The highest BCUT2D eigenvalue weighted by Gasteiger charge is 2.42. The van der Waals surface area contributed by atoms with Gasteiger partial charge in [-0.2, -0.15) is 8.78 Å². The van der Waals surface area contributed by atoms with Crippen molar-refractivity contribution in [3.63, 3.8) is 0 Å². The van der Waals surface area contributed by atoms with Gasteiger partial charge in [-0.1, -0.05) is 92.2 Å². The molecule has 0 aromatic heterocycles. The third-order valence-electron chi connectivity index (χ3n) is 7.44. The largest absolute Gasteiger partial charge is 0.461 e. The van der Waals surface area contributed by atoms with E-state index in [1.54, 1.807) is 6.92 Å². The monoisotopic (exact) mass is 568 g/mol. The number of hydrogen-bond acceptors (Lipinski definition) is 5. The number of rotatable bonds is 17. The van der Waals surface area contributed by atoms with Crippen molar-refractivity contribution in [2.24, 2.45) is 11.8 Å². The number of allylic oxidation sites excluding steroid dienone is 3. The van der Waals surface area contributed by atoms with Crippen LogP contribution in [0.1, 0.15) is 69.4 Å². The predicted molar refractivity (Wildman–Crippen MR) is 155 cm³/mol. The van der Waals surface area contributed by atoms with E-state index in [-0.39, 0.29) is 24.9 Å². The third kappa shape index (κ3) is 11.0. The summed E-state index contributed by atoms with van der Waals surface area (Å²) in [4.78, 5) is 24.3. The molecular formula is C34H42F2O5. The van der Waals surface area contributed by atoms with Gasteiger partial charge in [0.25, 0.3) is 0 Å². The molecule has 1 aliphatic rings. The summed E-state index contributed by atoms with van der Waals surface area (Å²) < 4.78 is 40.0. The molecule has 1 saturated carbocycles. The van der Waals surface area contributed by atoms with Gasteiger partial charge in [0.1, 0.15) is 6.61 Å². The fourth-order valence-electron chi connectivity index (χ4n) is 5.03. The van der Waals surface area contributed by atoms with E-state index in [1.165, 1.54) is 6.08 Å². The Morgan fingerprint density at radius 3 is 2.29 bits per heavy atom. The van der Waals surface area contributed by atoms with E-state index in [0.29, 0.717) is 45.1 Å². The number of aliphatic hydroxyl groups excluding tert-OH is 1. The predicted octanol–water partition coefficient (Wildman–Crippen LogP) is 7.38. The smallest absolute Gasteiger partial charge is 0.309 e. The van der Waals surface area contributed by atoms with E-state index in [0.717, 1.165) is 17.2 Å². The summed E-state index contributed by atoms with van der Waals surface area (Å²) in [6, 6.07) is 19.1. The Morgan fingerprint density at radius 2 is 1.63 bits per heavy atom. The summed E-state index contributed by atoms with van der Waals surface area (Å²) in [6.45, 7) is 2.39. The van der Waals surface area contributed by atoms with Crippen molar-refractivity contribution in [3.05, 3.63) is 96.1 Å². The molecular weight excluding hydrogens is 526 g/mol. The number of unbranched alkanes of at least 4 members (excludes halogenated alkanes) is 2. The number of esters is 1. The zero-order valence-corrected chi connectivity index (χ0v) is 23.8. The van der Waals surface area contributed by atoms with Gasteiger partial charge in [0.05, 0.1) is 18.8 Å². The highest BCUT2D eigenvalue weighted by Crippen LogP contribution is 2.39. The first-order valence-corrected chi connectivity index (χ1v) is 14.6. The number of benzene rings is 2. The minimum absolute atomic E-state index is 0.252. The zero-order valence-electron chi connectivity index (χ0n) is 23.8. The van der Waals surface area contributed by atoms with Gasteiger partial charge < -0.3 is 14.6 Å². The second-order valence-electron chi connectivity index (χ2n) is 10.7. The van der Waals surface area contributed by atoms with E-state index in [4.69, 9.17) is 9.47 Å². The Labute approximate surface area is 242 Å². The van der Waals surface area contributed by atoms with Crippen LogP contribution in [0, 0.1) is 11.8 Å². The van der Waals surface area contributed by atoms with Gasteiger partial charge in [-0.15, -0.1) is 0 Å². The maximum Gasteiger partial charge on any atom is 0.309 e. The fraction of sp³-hybridized carbons (Fsp3) is 0.471. The summed E-state index contributed by atoms with van der Waals surface area (Å²) in [5.74, 6) is -5.53. The van der Waals surface area contributed by atoms with Crippen LogP contribution < -0.4 is 0 Å². The number of aliphatic hydroxyl groups is 1. The molecule has 5 nitrogen and oxygen atoms in total. The average Bonchev–Trinajstić information content (AvgIpc) is 3.28. The lowest BCUT2D eigenvalue weighted by atomic mass is 9.89. The summed E-state index contributed by atoms with van der Waals surface area (Å²) in [5.41, 5.74) is 1.91. The number of hydrogen-bond donors (Lipinski definition) is 1. The Kier molecular flexibility index (Phi) is 13.4. The van der Waals surface area contributed by atoms with Crippen LogP contribution in [0.5, 0.6) is 0 Å². The molecule has 1 N–H and O–H groups in total. The van der Waals surface area contributed by atoms with E-state index >= 15 is 0 Å². The number of carbonyl (C=O) groups is 2. The molecule has 0 bridgehead atoms. The van der Waals surface area contributed by atoms with Crippen LogP contribution in [-0.4, -0.2) is 35.0 Å². The second kappa shape index (κ2) is 16.9. The first kappa shape index (κ1) is 32.4. The number of ketones is 1. The first-order chi connectivity index (χ1) is 19.8. The number of halogens is 2. The maximum absolute atomic E-state index is 14.3. The van der Waals surface area contributed by atoms with Crippen LogP contribution >= 0.6 is 0 Å². The fourth-order valence-corrected chi connectivity index (χ4v) is 5.03. The second-order valence-corrected chi connectivity index (χ2v) is 10.7. The minimum Gasteiger partial charge on any atom is -0.461 e. The van der Waals surface area contributed by atoms with Gasteiger partial charge in [-0.25, -0.2) is 0 Å². The van der Waals surface area contributed by atoms with E-state index in [9.17, 15) is 23.5 Å². The molecule has 0 radical (unpaired) electrons. The minimum atomic E-state index is -3.40. The van der Waals surface area contributed by atoms with Crippen LogP contribution in [0.3, 0.4) is 0 Å². The van der Waals surface area contributed by atoms with Gasteiger partial charge in [0.2, 0.25) is 5.78 Å². The van der Waals surface area contributed by atoms with Gasteiger partial charge in [0.15, 0.2) is 0 Å². The number of alkyl halides is 2. The number of carbonyl (C=O) groups excluding carboxylic acids is 2. The molecule has 222 valence electrons. The number of ether oxygens (including phenoxy) is 2. The summed E-state index contributed by atoms with van der Waals surface area (Å²) >= 11 is 0. The van der Waals surface area contributed by atoms with E-state index < -0.39 is 36.3 Å².